The summed E-state index contributed by atoms with van der Waals surface area (Å²) in [5.41, 5.74) is 4.85. The molecule has 6 rings (SSSR count). The highest BCUT2D eigenvalue weighted by atomic mass is 16.6. The van der Waals surface area contributed by atoms with E-state index in [1.165, 1.54) is 10.5 Å². The third-order valence-electron chi connectivity index (χ3n) is 8.61. The third-order valence-corrected chi connectivity index (χ3v) is 8.61. The predicted molar refractivity (Wildman–Crippen MR) is 130 cm³/mol. The summed E-state index contributed by atoms with van der Waals surface area (Å²) in [6.07, 6.45) is 4.32. The van der Waals surface area contributed by atoms with Gasteiger partial charge in [-0.25, -0.2) is 9.80 Å². The highest BCUT2D eigenvalue weighted by Crippen LogP contribution is 2.62. The van der Waals surface area contributed by atoms with Crippen LogP contribution in [0.4, 0.5) is 4.79 Å². The quantitative estimate of drug-likeness (QED) is 0.572. The Balaban J connectivity index is 1.17. The summed E-state index contributed by atoms with van der Waals surface area (Å²) in [4.78, 5) is 29.0. The first-order valence-corrected chi connectivity index (χ1v) is 12.8. The van der Waals surface area contributed by atoms with Crippen LogP contribution in [0, 0.1) is 5.92 Å². The number of morpholine rings is 1. The number of ether oxygens (including phenoxy) is 3. The molecule has 194 valence electrons. The molecule has 10 heteroatoms. The summed E-state index contributed by atoms with van der Waals surface area (Å²) >= 11 is 0. The van der Waals surface area contributed by atoms with Crippen LogP contribution in [-0.4, -0.2) is 104 Å². The standard InChI is InChI=1S/C26H34N4O6/c1-28-10-8-26-17-4-5-19(31)24(26)36-23-20(6-3-16(22(23)26)15-18(17)28)35-25(33)29(2)9-7-21(32)27-30-11-13-34-14-12-30/h3-6,17-19,24,31H,7-15H2,1-2H3,(H,27,32)/t17?,18?,19-,24-,26-/m0/s1. The lowest BCUT2D eigenvalue weighted by Crippen LogP contribution is -2.64. The SMILES string of the molecule is CN(CCC(=O)NN1CCOCC1)C(=O)Oc1ccc2c3c1O[C@H]1[C@@H](O)C=CC4C(C2)N(C)CC[C@@]341. The third kappa shape index (κ3) is 3.70. The van der Waals surface area contributed by atoms with Gasteiger partial charge in [0.2, 0.25) is 5.91 Å². The van der Waals surface area contributed by atoms with Gasteiger partial charge in [0.05, 0.1) is 13.2 Å². The number of benzene rings is 1. The Kier molecular flexibility index (Phi) is 5.94. The first-order chi connectivity index (χ1) is 17.4. The Morgan fingerprint density at radius 3 is 2.86 bits per heavy atom. The minimum absolute atomic E-state index is 0.153. The number of hydrazine groups is 1. The second-order valence-electron chi connectivity index (χ2n) is 10.6. The van der Waals surface area contributed by atoms with Gasteiger partial charge < -0.3 is 29.1 Å². The van der Waals surface area contributed by atoms with Crippen LogP contribution in [0.25, 0.3) is 0 Å². The number of rotatable bonds is 5. The van der Waals surface area contributed by atoms with Crippen molar-refractivity contribution in [2.45, 2.75) is 42.9 Å². The molecule has 2 bridgehead atoms. The summed E-state index contributed by atoms with van der Waals surface area (Å²) in [5.74, 6) is 1.05. The monoisotopic (exact) mass is 498 g/mol. The van der Waals surface area contributed by atoms with Gasteiger partial charge in [0.15, 0.2) is 11.5 Å². The topological polar surface area (TPSA) is 104 Å². The number of hydrogen-bond acceptors (Lipinski definition) is 8. The molecular weight excluding hydrogens is 464 g/mol. The fourth-order valence-corrected chi connectivity index (χ4v) is 6.75. The van der Waals surface area contributed by atoms with Crippen LogP contribution in [0.15, 0.2) is 24.3 Å². The van der Waals surface area contributed by atoms with E-state index in [1.807, 2.05) is 17.2 Å². The van der Waals surface area contributed by atoms with Crippen molar-refractivity contribution in [3.63, 3.8) is 0 Å². The Hall–Kier alpha value is -2.66. The van der Waals surface area contributed by atoms with Crippen molar-refractivity contribution in [3.8, 4) is 11.5 Å². The number of nitrogens with zero attached hydrogens (tertiary/aromatic N) is 3. The number of piperidine rings is 1. The Labute approximate surface area is 210 Å². The van der Waals surface area contributed by atoms with E-state index in [2.05, 4.69) is 23.4 Å². The molecule has 2 aliphatic carbocycles. The number of aliphatic hydroxyl groups is 1. The van der Waals surface area contributed by atoms with E-state index < -0.39 is 12.2 Å². The van der Waals surface area contributed by atoms with Crippen molar-refractivity contribution in [1.82, 2.24) is 20.2 Å². The van der Waals surface area contributed by atoms with Gasteiger partial charge >= 0.3 is 6.09 Å². The molecule has 5 atom stereocenters. The first kappa shape index (κ1) is 23.7. The molecule has 3 aliphatic heterocycles. The van der Waals surface area contributed by atoms with Gasteiger partial charge in [-0.05, 0) is 38.1 Å². The molecule has 1 aromatic carbocycles. The smallest absolute Gasteiger partial charge is 0.415 e. The minimum Gasteiger partial charge on any atom is -0.482 e. The van der Waals surface area contributed by atoms with Gasteiger partial charge in [0.1, 0.15) is 12.2 Å². The van der Waals surface area contributed by atoms with Crippen molar-refractivity contribution >= 4 is 12.0 Å². The van der Waals surface area contributed by atoms with Gasteiger partial charge in [0, 0.05) is 56.0 Å². The molecule has 1 aromatic rings. The number of carbonyl (C=O) groups is 2. The number of hydrogen-bond donors (Lipinski definition) is 2. The van der Waals surface area contributed by atoms with E-state index >= 15 is 0 Å². The van der Waals surface area contributed by atoms with Gasteiger partial charge in [-0.2, -0.15) is 0 Å². The fourth-order valence-electron chi connectivity index (χ4n) is 6.75. The van der Waals surface area contributed by atoms with Crippen LogP contribution >= 0.6 is 0 Å². The van der Waals surface area contributed by atoms with Crippen LogP contribution < -0.4 is 14.9 Å². The summed E-state index contributed by atoms with van der Waals surface area (Å²) in [6, 6.07) is 4.20. The summed E-state index contributed by atoms with van der Waals surface area (Å²) in [6.45, 7) is 3.63. The van der Waals surface area contributed by atoms with Crippen LogP contribution in [0.2, 0.25) is 0 Å². The van der Waals surface area contributed by atoms with E-state index in [1.54, 1.807) is 13.1 Å². The lowest BCUT2D eigenvalue weighted by Gasteiger charge is -2.56. The van der Waals surface area contributed by atoms with Crippen LogP contribution in [0.5, 0.6) is 11.5 Å². The molecule has 0 saturated carbocycles. The van der Waals surface area contributed by atoms with Crippen LogP contribution in [-0.2, 0) is 21.4 Å². The van der Waals surface area contributed by atoms with Crippen molar-refractivity contribution in [2.75, 3.05) is 53.5 Å². The van der Waals surface area contributed by atoms with Crippen molar-refractivity contribution in [3.05, 3.63) is 35.4 Å². The Morgan fingerprint density at radius 1 is 1.25 bits per heavy atom. The van der Waals surface area contributed by atoms with E-state index in [-0.39, 0.29) is 36.3 Å². The van der Waals surface area contributed by atoms with Gasteiger partial charge in [-0.15, -0.1) is 0 Å². The number of carbonyl (C=O) groups excluding carboxylic acids is 2. The second kappa shape index (κ2) is 9.02. The number of amides is 2. The second-order valence-corrected chi connectivity index (χ2v) is 10.6. The first-order valence-electron chi connectivity index (χ1n) is 12.8. The number of aliphatic hydroxyl groups excluding tert-OH is 1. The zero-order valence-electron chi connectivity index (χ0n) is 20.8. The number of likely N-dealkylation sites (tertiary alicyclic amines) is 1. The molecule has 0 radical (unpaired) electrons. The Morgan fingerprint density at radius 2 is 2.06 bits per heavy atom. The van der Waals surface area contributed by atoms with Crippen LogP contribution in [0.3, 0.4) is 0 Å². The molecule has 5 aliphatic rings. The van der Waals surface area contributed by atoms with E-state index in [0.29, 0.717) is 43.8 Å². The average molecular weight is 499 g/mol. The average Bonchev–Trinajstić information content (AvgIpc) is 3.23. The zero-order chi connectivity index (χ0) is 25.0. The minimum atomic E-state index is -0.708. The summed E-state index contributed by atoms with van der Waals surface area (Å²) in [5, 5.41) is 12.7. The maximum Gasteiger partial charge on any atom is 0.415 e. The lowest BCUT2D eigenvalue weighted by molar-refractivity contribution is -0.128. The molecule has 2 saturated heterocycles. The predicted octanol–water partition coefficient (Wildman–Crippen LogP) is 0.677. The van der Waals surface area contributed by atoms with Gasteiger partial charge in [0.25, 0.3) is 0 Å². The molecule has 3 heterocycles. The zero-order valence-corrected chi connectivity index (χ0v) is 20.8. The highest BCUT2D eigenvalue weighted by molar-refractivity contribution is 5.77. The number of nitrogens with one attached hydrogen (secondary N) is 1. The van der Waals surface area contributed by atoms with E-state index in [4.69, 9.17) is 14.2 Å². The van der Waals surface area contributed by atoms with E-state index in [9.17, 15) is 14.7 Å². The lowest BCUT2D eigenvalue weighted by atomic mass is 9.53. The number of likely N-dealkylation sites (N-methyl/N-ethyl adjacent to an activating group) is 1. The fraction of sp³-hybridized carbons (Fsp3) is 0.615. The van der Waals surface area contributed by atoms with Crippen molar-refractivity contribution in [2.24, 2.45) is 5.92 Å². The molecule has 2 fully saturated rings. The maximum absolute atomic E-state index is 12.9. The van der Waals surface area contributed by atoms with E-state index in [0.717, 1.165) is 24.9 Å². The van der Waals surface area contributed by atoms with Crippen molar-refractivity contribution < 1.29 is 28.9 Å². The highest BCUT2D eigenvalue weighted by Gasteiger charge is 2.64. The normalized spacial score (nSPS) is 32.4. The molecule has 2 amide bonds. The Bertz CT molecular complexity index is 1090. The largest absolute Gasteiger partial charge is 0.482 e. The molecule has 1 spiro atoms. The molecule has 2 unspecified atom stereocenters. The summed E-state index contributed by atoms with van der Waals surface area (Å²) in [7, 11) is 3.78. The van der Waals surface area contributed by atoms with Gasteiger partial charge in [-0.1, -0.05) is 18.2 Å². The van der Waals surface area contributed by atoms with Crippen LogP contribution in [0.1, 0.15) is 24.0 Å². The summed E-state index contributed by atoms with van der Waals surface area (Å²) < 4.78 is 17.5. The molecule has 36 heavy (non-hydrogen) atoms. The maximum atomic E-state index is 12.9. The molecule has 0 aromatic heterocycles. The van der Waals surface area contributed by atoms with Crippen molar-refractivity contribution in [1.29, 1.82) is 0 Å². The molecule has 10 nitrogen and oxygen atoms in total. The molecular formula is C26H34N4O6. The van der Waals surface area contributed by atoms with Gasteiger partial charge in [-0.3, -0.25) is 10.2 Å². The molecule has 2 N–H and O–H groups in total.